The van der Waals surface area contributed by atoms with Gasteiger partial charge in [-0.1, -0.05) is 43.3 Å². The van der Waals surface area contributed by atoms with Crippen LogP contribution in [0.3, 0.4) is 0 Å². The number of thiophene rings is 1. The van der Waals surface area contributed by atoms with E-state index in [4.69, 9.17) is 29.5 Å². The number of fused-ring (bicyclic) bond motifs is 1. The van der Waals surface area contributed by atoms with Gasteiger partial charge < -0.3 is 44.6 Å². The zero-order valence-electron chi connectivity index (χ0n) is 39.6. The summed E-state index contributed by atoms with van der Waals surface area (Å²) in [7, 11) is 0. The number of nitrogens with two attached hydrogens (primary N) is 1. The molecule has 3 aliphatic rings. The summed E-state index contributed by atoms with van der Waals surface area (Å²) in [6.45, 7) is 14.1. The molecule has 2 saturated heterocycles. The van der Waals surface area contributed by atoms with Gasteiger partial charge in [0.1, 0.15) is 28.8 Å². The maximum Gasteiger partial charge on any atom is 0.254 e. The molecular formula is C49H58N12O6S2. The van der Waals surface area contributed by atoms with Crippen LogP contribution in [-0.2, 0) is 28.0 Å². The normalized spacial score (nSPS) is 21.2. The Hall–Kier alpha value is -6.27. The number of aliphatic hydroxyl groups is 1. The van der Waals surface area contributed by atoms with Crippen molar-refractivity contribution < 1.29 is 28.5 Å². The molecule has 7 heterocycles. The van der Waals surface area contributed by atoms with Gasteiger partial charge in [0, 0.05) is 67.9 Å². The molecule has 0 bridgehead atoms. The number of aromatic nitrogens is 6. The van der Waals surface area contributed by atoms with Crippen molar-refractivity contribution in [2.24, 2.45) is 5.92 Å². The van der Waals surface area contributed by atoms with E-state index in [2.05, 4.69) is 48.4 Å². The smallest absolute Gasteiger partial charge is 0.254 e. The number of ether oxygens (including phenoxy) is 1. The van der Waals surface area contributed by atoms with Crippen LogP contribution in [0.2, 0.25) is 0 Å². The van der Waals surface area contributed by atoms with Crippen LogP contribution in [0.15, 0.2) is 57.2 Å². The summed E-state index contributed by atoms with van der Waals surface area (Å²) >= 11 is 3.05. The van der Waals surface area contributed by atoms with Gasteiger partial charge in [0.15, 0.2) is 5.76 Å². The van der Waals surface area contributed by atoms with Crippen LogP contribution in [0.25, 0.3) is 22.1 Å². The predicted octanol–water partition coefficient (Wildman–Crippen LogP) is 6.49. The summed E-state index contributed by atoms with van der Waals surface area (Å²) in [5, 5.41) is 32.6. The van der Waals surface area contributed by atoms with Gasteiger partial charge in [0.2, 0.25) is 29.4 Å². The van der Waals surface area contributed by atoms with E-state index in [1.807, 2.05) is 63.5 Å². The SMILES string of the molecule is Cc1ncsc1-c1ccc(CNC(=O)[C@@H]2C[C@@H](O)CN2C(=O)C(c2cc(OCCCN3CCCN(c4ccnc(-c5noc([C@@]6(C)CCCc7sc(N)c(C#N)c76)n5)n4)[C@@H](C)C3)no2)C(C)C)cc1. The minimum atomic E-state index is -0.825. The second kappa shape index (κ2) is 20.4. The highest BCUT2D eigenvalue weighted by atomic mass is 32.1. The lowest BCUT2D eigenvalue weighted by Crippen LogP contribution is -2.48. The fraction of sp³-hybridized carbons (Fsp3) is 0.490. The first-order valence-electron chi connectivity index (χ1n) is 23.6. The summed E-state index contributed by atoms with van der Waals surface area (Å²) < 4.78 is 17.6. The highest BCUT2D eigenvalue weighted by molar-refractivity contribution is 7.16. The fourth-order valence-corrected chi connectivity index (χ4v) is 12.1. The number of β-amino-alcohol motifs (C(OH)–C–C–N with tert-alkyl or cyclic N) is 1. The second-order valence-corrected chi connectivity index (χ2v) is 20.9. The van der Waals surface area contributed by atoms with Crippen LogP contribution in [0, 0.1) is 24.2 Å². The number of carbonyl (C=O) groups excluding carboxylic acids is 2. The Balaban J connectivity index is 0.763. The lowest BCUT2D eigenvalue weighted by Gasteiger charge is -2.30. The van der Waals surface area contributed by atoms with Gasteiger partial charge in [-0.25, -0.2) is 15.0 Å². The van der Waals surface area contributed by atoms with Crippen molar-refractivity contribution in [3.05, 3.63) is 87.0 Å². The predicted molar refractivity (Wildman–Crippen MR) is 260 cm³/mol. The van der Waals surface area contributed by atoms with Gasteiger partial charge in [-0.3, -0.25) is 9.59 Å². The number of carbonyl (C=O) groups is 2. The highest BCUT2D eigenvalue weighted by Gasteiger charge is 2.45. The molecule has 20 heteroatoms. The van der Waals surface area contributed by atoms with Crippen molar-refractivity contribution in [2.75, 3.05) is 50.0 Å². The minimum Gasteiger partial charge on any atom is -0.475 e. The van der Waals surface area contributed by atoms with Crippen LogP contribution in [0.5, 0.6) is 5.88 Å². The van der Waals surface area contributed by atoms with Gasteiger partial charge in [0.05, 0.1) is 39.8 Å². The summed E-state index contributed by atoms with van der Waals surface area (Å²) in [6, 6.07) is 13.2. The molecule has 9 rings (SSSR count). The molecule has 1 aliphatic carbocycles. The van der Waals surface area contributed by atoms with E-state index in [0.717, 1.165) is 96.2 Å². The van der Waals surface area contributed by atoms with E-state index >= 15 is 0 Å². The number of likely N-dealkylation sites (tertiary alicyclic amines) is 1. The standard InChI is InChI=1S/C49H58N12O6S2/c1-28(2)40(47(64)61-26-33(62)21-35(61)46(63)53-24-31-10-12-32(13-11-31)42-30(4)54-27-68-42)36-22-39(57-66-36)65-20-8-18-59-17-7-19-60(29(3)25-59)38-14-16-52-44(55-38)45-56-48(67-58-45)49(5)15-6-9-37-41(49)34(23-50)43(51)69-37/h10-14,16,22,27-29,33,35,40,62H,6-9,15,17-21,24-26,51H2,1-5H3,(H,53,63)/t29-,33+,35-,40?,49-/m0/s1. The molecule has 69 heavy (non-hydrogen) atoms. The first-order valence-corrected chi connectivity index (χ1v) is 25.3. The number of benzene rings is 1. The summed E-state index contributed by atoms with van der Waals surface area (Å²) in [5.74, 6) is 0.997. The Labute approximate surface area is 408 Å². The number of nitrogens with one attached hydrogen (secondary N) is 1. The zero-order chi connectivity index (χ0) is 48.4. The van der Waals surface area contributed by atoms with Gasteiger partial charge in [-0.15, -0.1) is 22.7 Å². The topological polar surface area (TPSA) is 239 Å². The first-order chi connectivity index (χ1) is 33.3. The third-order valence-electron chi connectivity index (χ3n) is 13.6. The average molecular weight is 975 g/mol. The van der Waals surface area contributed by atoms with E-state index < -0.39 is 23.5 Å². The lowest BCUT2D eigenvalue weighted by molar-refractivity contribution is -0.141. The molecule has 2 aliphatic heterocycles. The monoisotopic (exact) mass is 974 g/mol. The minimum absolute atomic E-state index is 0.0499. The number of nitrogens with zero attached hydrogens (tertiary/aromatic N) is 10. The number of hydrogen-bond acceptors (Lipinski definition) is 18. The molecule has 2 amide bonds. The number of hydrogen-bond donors (Lipinski definition) is 3. The van der Waals surface area contributed by atoms with Crippen LogP contribution in [0.4, 0.5) is 10.8 Å². The van der Waals surface area contributed by atoms with E-state index in [1.54, 1.807) is 23.6 Å². The zero-order valence-corrected chi connectivity index (χ0v) is 41.2. The van der Waals surface area contributed by atoms with Crippen molar-refractivity contribution in [1.29, 1.82) is 5.26 Å². The fourth-order valence-electron chi connectivity index (χ4n) is 10.1. The molecule has 4 N–H and O–H groups in total. The summed E-state index contributed by atoms with van der Waals surface area (Å²) in [5.41, 5.74) is 11.8. The van der Waals surface area contributed by atoms with Gasteiger partial charge in [-0.2, -0.15) is 10.2 Å². The van der Waals surface area contributed by atoms with Crippen molar-refractivity contribution in [3.63, 3.8) is 0 Å². The first kappa shape index (κ1) is 47.8. The molecule has 6 aromatic rings. The molecule has 18 nitrogen and oxygen atoms in total. The second-order valence-electron chi connectivity index (χ2n) is 18.9. The molecular weight excluding hydrogens is 917 g/mol. The number of aliphatic hydroxyl groups excluding tert-OH is 1. The molecule has 0 radical (unpaired) electrons. The quantitative estimate of drug-likeness (QED) is 0.0932. The molecule has 2 fully saturated rings. The van der Waals surface area contributed by atoms with Crippen molar-refractivity contribution in [2.45, 2.75) is 109 Å². The van der Waals surface area contributed by atoms with E-state index in [9.17, 15) is 20.0 Å². The van der Waals surface area contributed by atoms with Gasteiger partial charge in [0.25, 0.3) is 5.88 Å². The third-order valence-corrected chi connectivity index (χ3v) is 15.7. The van der Waals surface area contributed by atoms with Crippen LogP contribution < -0.4 is 20.7 Å². The van der Waals surface area contributed by atoms with E-state index in [1.165, 1.54) is 16.2 Å². The molecule has 5 aromatic heterocycles. The molecule has 362 valence electrons. The molecule has 1 unspecified atom stereocenters. The van der Waals surface area contributed by atoms with Crippen molar-refractivity contribution in [3.8, 4) is 34.0 Å². The Kier molecular flexibility index (Phi) is 14.1. The summed E-state index contributed by atoms with van der Waals surface area (Å²) in [6.07, 6.45) is 5.27. The maximum absolute atomic E-state index is 14.2. The van der Waals surface area contributed by atoms with Crippen molar-refractivity contribution in [1.82, 2.24) is 45.4 Å². The number of rotatable bonds is 15. The number of nitrogen functional groups attached to an aromatic ring is 1. The van der Waals surface area contributed by atoms with Crippen LogP contribution in [-0.4, -0.2) is 114 Å². The van der Waals surface area contributed by atoms with E-state index in [-0.39, 0.29) is 43.3 Å². The van der Waals surface area contributed by atoms with Crippen LogP contribution in [0.1, 0.15) is 105 Å². The third kappa shape index (κ3) is 9.96. The number of anilines is 2. The Morgan fingerprint density at radius 3 is 2.68 bits per heavy atom. The van der Waals surface area contributed by atoms with Gasteiger partial charge >= 0.3 is 0 Å². The molecule has 0 spiro atoms. The highest BCUT2D eigenvalue weighted by Crippen LogP contribution is 2.48. The van der Waals surface area contributed by atoms with Crippen LogP contribution >= 0.6 is 22.7 Å². The van der Waals surface area contributed by atoms with E-state index in [0.29, 0.717) is 46.4 Å². The van der Waals surface area contributed by atoms with Gasteiger partial charge in [-0.05, 0) is 87.7 Å². The maximum atomic E-state index is 14.2. The largest absolute Gasteiger partial charge is 0.475 e. The number of nitriles is 1. The lowest BCUT2D eigenvalue weighted by atomic mass is 9.72. The number of amides is 2. The number of thiazole rings is 1. The average Bonchev–Trinajstić information content (AvgIpc) is 4.19. The summed E-state index contributed by atoms with van der Waals surface area (Å²) in [4.78, 5) is 54.7. The Morgan fingerprint density at radius 1 is 1.09 bits per heavy atom. The molecule has 0 saturated carbocycles. The number of aryl methyl sites for hydroxylation is 2. The Morgan fingerprint density at radius 2 is 1.91 bits per heavy atom. The molecule has 1 aromatic carbocycles. The van der Waals surface area contributed by atoms with Crippen molar-refractivity contribution >= 4 is 45.3 Å². The molecule has 5 atom stereocenters. The Bertz CT molecular complexity index is 2820.